The van der Waals surface area contributed by atoms with Gasteiger partial charge in [-0.2, -0.15) is 0 Å². The number of nitro groups is 1. The van der Waals surface area contributed by atoms with Crippen molar-refractivity contribution in [2.45, 2.75) is 6.54 Å². The Morgan fingerprint density at radius 3 is 2.41 bits per heavy atom. The second-order valence-electron chi connectivity index (χ2n) is 7.28. The predicted molar refractivity (Wildman–Crippen MR) is 120 cm³/mol. The quantitative estimate of drug-likeness (QED) is 0.443. The first-order chi connectivity index (χ1) is 15.6. The number of nitrogens with zero attached hydrogens (tertiary/aromatic N) is 5. The van der Waals surface area contributed by atoms with Crippen molar-refractivity contribution >= 4 is 23.0 Å². The third-order valence-electron chi connectivity index (χ3n) is 5.38. The summed E-state index contributed by atoms with van der Waals surface area (Å²) in [6.07, 6.45) is 1.32. The molecule has 0 unspecified atom stereocenters. The fraction of sp³-hybridized carbons (Fsp3) is 0.273. The number of nitrogens with one attached hydrogen (secondary N) is 1. The molecule has 0 bridgehead atoms. The van der Waals surface area contributed by atoms with E-state index in [1.807, 2.05) is 34.1 Å². The Morgan fingerprint density at radius 2 is 1.75 bits per heavy atom. The lowest BCUT2D eigenvalue weighted by atomic mass is 10.2. The Hall–Kier alpha value is -3.95. The maximum absolute atomic E-state index is 14.1. The van der Waals surface area contributed by atoms with Gasteiger partial charge in [-0.1, -0.05) is 24.3 Å². The van der Waals surface area contributed by atoms with Crippen molar-refractivity contribution in [1.82, 2.24) is 9.97 Å². The van der Waals surface area contributed by atoms with Crippen molar-refractivity contribution in [2.75, 3.05) is 48.4 Å². The molecule has 1 aromatic heterocycles. The highest BCUT2D eigenvalue weighted by molar-refractivity contribution is 5.70. The van der Waals surface area contributed by atoms with Crippen LogP contribution in [0.5, 0.6) is 5.75 Å². The number of anilines is 3. The second-order valence-corrected chi connectivity index (χ2v) is 7.28. The lowest BCUT2D eigenvalue weighted by molar-refractivity contribution is -0.383. The molecular formula is C22H23FN6O3. The van der Waals surface area contributed by atoms with Crippen LogP contribution in [0.2, 0.25) is 0 Å². The topological polar surface area (TPSA) is 96.7 Å². The van der Waals surface area contributed by atoms with E-state index >= 15 is 0 Å². The molecule has 10 heteroatoms. The zero-order chi connectivity index (χ0) is 22.5. The Kier molecular flexibility index (Phi) is 6.29. The van der Waals surface area contributed by atoms with Crippen molar-refractivity contribution in [3.8, 4) is 5.75 Å². The minimum absolute atomic E-state index is 0.160. The van der Waals surface area contributed by atoms with Gasteiger partial charge in [-0.15, -0.1) is 0 Å². The van der Waals surface area contributed by atoms with Gasteiger partial charge in [-0.3, -0.25) is 10.1 Å². The number of ether oxygens (including phenoxy) is 1. The molecule has 166 valence electrons. The number of rotatable bonds is 7. The van der Waals surface area contributed by atoms with E-state index in [9.17, 15) is 14.5 Å². The monoisotopic (exact) mass is 438 g/mol. The van der Waals surface area contributed by atoms with Crippen LogP contribution >= 0.6 is 0 Å². The first-order valence-electron chi connectivity index (χ1n) is 10.2. The number of piperazine rings is 1. The zero-order valence-corrected chi connectivity index (χ0v) is 17.6. The molecule has 1 aliphatic heterocycles. The number of hydrogen-bond acceptors (Lipinski definition) is 8. The molecule has 0 radical (unpaired) electrons. The van der Waals surface area contributed by atoms with E-state index in [-0.39, 0.29) is 23.1 Å². The van der Waals surface area contributed by atoms with Crippen molar-refractivity contribution in [2.24, 2.45) is 0 Å². The SMILES string of the molecule is COc1ccc(CNc2ncnc(N3CCN(c4ccccc4F)CC3)c2[N+](=O)[O-])cc1. The third-order valence-corrected chi connectivity index (χ3v) is 5.38. The molecule has 9 nitrogen and oxygen atoms in total. The van der Waals surface area contributed by atoms with Crippen LogP contribution < -0.4 is 19.9 Å². The molecule has 0 amide bonds. The predicted octanol–water partition coefficient (Wildman–Crippen LogP) is 3.47. The van der Waals surface area contributed by atoms with Gasteiger partial charge in [0.25, 0.3) is 0 Å². The summed E-state index contributed by atoms with van der Waals surface area (Å²) in [5.41, 5.74) is 1.30. The molecule has 3 aromatic rings. The molecule has 1 N–H and O–H groups in total. The number of benzene rings is 2. The molecule has 1 saturated heterocycles. The molecule has 0 saturated carbocycles. The van der Waals surface area contributed by atoms with Gasteiger partial charge < -0.3 is 19.9 Å². The van der Waals surface area contributed by atoms with Crippen molar-refractivity contribution in [1.29, 1.82) is 0 Å². The highest BCUT2D eigenvalue weighted by Gasteiger charge is 2.29. The van der Waals surface area contributed by atoms with Gasteiger partial charge in [0.2, 0.25) is 11.6 Å². The van der Waals surface area contributed by atoms with Gasteiger partial charge >= 0.3 is 5.69 Å². The molecule has 1 fully saturated rings. The van der Waals surface area contributed by atoms with Crippen molar-refractivity contribution in [3.63, 3.8) is 0 Å². The Morgan fingerprint density at radius 1 is 1.06 bits per heavy atom. The van der Waals surface area contributed by atoms with Gasteiger partial charge in [0.15, 0.2) is 0 Å². The molecule has 0 spiro atoms. The third kappa shape index (κ3) is 4.53. The van der Waals surface area contributed by atoms with Crippen LogP contribution in [0.1, 0.15) is 5.56 Å². The summed E-state index contributed by atoms with van der Waals surface area (Å²) in [6.45, 7) is 2.37. The first kappa shape index (κ1) is 21.3. The molecule has 32 heavy (non-hydrogen) atoms. The normalized spacial score (nSPS) is 13.7. The Labute approximate surface area is 184 Å². The van der Waals surface area contributed by atoms with E-state index in [4.69, 9.17) is 4.74 Å². The van der Waals surface area contributed by atoms with Crippen LogP contribution in [-0.2, 0) is 6.54 Å². The second kappa shape index (κ2) is 9.46. The number of aromatic nitrogens is 2. The van der Waals surface area contributed by atoms with Gasteiger partial charge in [0.1, 0.15) is 17.9 Å². The van der Waals surface area contributed by atoms with Crippen LogP contribution in [0.3, 0.4) is 0 Å². The number of halogens is 1. The number of hydrogen-bond donors (Lipinski definition) is 1. The van der Waals surface area contributed by atoms with Crippen LogP contribution in [0.4, 0.5) is 27.4 Å². The molecule has 1 aliphatic rings. The van der Waals surface area contributed by atoms with E-state index in [0.29, 0.717) is 38.4 Å². The van der Waals surface area contributed by atoms with Crippen LogP contribution in [0.15, 0.2) is 54.9 Å². The fourth-order valence-electron chi connectivity index (χ4n) is 3.69. The molecule has 0 aliphatic carbocycles. The lowest BCUT2D eigenvalue weighted by Crippen LogP contribution is -2.47. The van der Waals surface area contributed by atoms with E-state index in [1.54, 1.807) is 25.3 Å². The smallest absolute Gasteiger partial charge is 0.353 e. The van der Waals surface area contributed by atoms with Crippen LogP contribution in [0.25, 0.3) is 0 Å². The zero-order valence-electron chi connectivity index (χ0n) is 17.6. The van der Waals surface area contributed by atoms with Gasteiger partial charge in [0, 0.05) is 32.7 Å². The standard InChI is InChI=1S/C22H23FN6O3/c1-32-17-8-6-16(7-9-17)14-24-21-20(29(30)31)22(26-15-25-21)28-12-10-27(11-13-28)19-5-3-2-4-18(19)23/h2-9,15H,10-14H2,1H3,(H,24,25,26). The minimum Gasteiger partial charge on any atom is -0.497 e. The van der Waals surface area contributed by atoms with E-state index in [2.05, 4.69) is 15.3 Å². The van der Waals surface area contributed by atoms with E-state index < -0.39 is 4.92 Å². The number of para-hydroxylation sites is 1. The molecule has 2 aromatic carbocycles. The largest absolute Gasteiger partial charge is 0.497 e. The van der Waals surface area contributed by atoms with Crippen molar-refractivity contribution < 1.29 is 14.1 Å². The number of methoxy groups -OCH3 is 1. The van der Waals surface area contributed by atoms with E-state index in [0.717, 1.165) is 11.3 Å². The Bertz CT molecular complexity index is 1090. The molecule has 4 rings (SSSR count). The highest BCUT2D eigenvalue weighted by Crippen LogP contribution is 2.33. The summed E-state index contributed by atoms with van der Waals surface area (Å²) in [5, 5.41) is 14.9. The summed E-state index contributed by atoms with van der Waals surface area (Å²) >= 11 is 0. The van der Waals surface area contributed by atoms with Gasteiger partial charge in [0.05, 0.1) is 17.7 Å². The minimum atomic E-state index is -0.463. The van der Waals surface area contributed by atoms with Crippen LogP contribution in [-0.4, -0.2) is 48.2 Å². The fourth-order valence-corrected chi connectivity index (χ4v) is 3.69. The summed E-state index contributed by atoms with van der Waals surface area (Å²) in [4.78, 5) is 23.5. The van der Waals surface area contributed by atoms with E-state index in [1.165, 1.54) is 12.4 Å². The molecular weight excluding hydrogens is 415 g/mol. The maximum Gasteiger partial charge on any atom is 0.353 e. The average Bonchev–Trinajstić information content (AvgIpc) is 2.83. The first-order valence-corrected chi connectivity index (χ1v) is 10.2. The van der Waals surface area contributed by atoms with Crippen molar-refractivity contribution in [3.05, 3.63) is 76.4 Å². The van der Waals surface area contributed by atoms with Crippen LogP contribution in [0, 0.1) is 15.9 Å². The Balaban J connectivity index is 1.49. The lowest BCUT2D eigenvalue weighted by Gasteiger charge is -2.36. The summed E-state index contributed by atoms with van der Waals surface area (Å²) in [6, 6.07) is 14.0. The molecule has 2 heterocycles. The highest BCUT2D eigenvalue weighted by atomic mass is 19.1. The van der Waals surface area contributed by atoms with Gasteiger partial charge in [-0.25, -0.2) is 14.4 Å². The maximum atomic E-state index is 14.1. The summed E-state index contributed by atoms with van der Waals surface area (Å²) in [7, 11) is 1.59. The average molecular weight is 438 g/mol. The summed E-state index contributed by atoms with van der Waals surface area (Å²) < 4.78 is 19.3. The molecule has 0 atom stereocenters. The summed E-state index contributed by atoms with van der Waals surface area (Å²) in [5.74, 6) is 0.875. The van der Waals surface area contributed by atoms with Gasteiger partial charge in [-0.05, 0) is 29.8 Å².